The van der Waals surface area contributed by atoms with E-state index >= 15 is 0 Å². The molecule has 3 heterocycles. The Morgan fingerprint density at radius 3 is 2.79 bits per heavy atom. The molecule has 1 aromatic heterocycles. The highest BCUT2D eigenvalue weighted by Gasteiger charge is 2.37. The van der Waals surface area contributed by atoms with E-state index in [1.54, 1.807) is 4.90 Å². The Balaban J connectivity index is 1.39. The van der Waals surface area contributed by atoms with Gasteiger partial charge in [-0.3, -0.25) is 19.5 Å². The van der Waals surface area contributed by atoms with E-state index in [-0.39, 0.29) is 30.3 Å². The Kier molecular flexibility index (Phi) is 5.50. The van der Waals surface area contributed by atoms with Crippen LogP contribution in [0.4, 0.5) is 13.2 Å². The molecular formula is C20H25F3N4O2. The van der Waals surface area contributed by atoms with Crippen LogP contribution < -0.4 is 5.32 Å². The molecule has 1 saturated heterocycles. The summed E-state index contributed by atoms with van der Waals surface area (Å²) in [4.78, 5) is 32.5. The minimum absolute atomic E-state index is 0.0274. The van der Waals surface area contributed by atoms with Crippen LogP contribution in [0, 0.1) is 5.92 Å². The van der Waals surface area contributed by atoms with Crippen molar-refractivity contribution in [2.24, 2.45) is 5.92 Å². The fourth-order valence-electron chi connectivity index (χ4n) is 4.69. The van der Waals surface area contributed by atoms with E-state index in [0.29, 0.717) is 43.7 Å². The van der Waals surface area contributed by atoms with E-state index in [2.05, 4.69) is 15.2 Å². The number of amides is 2. The Bertz CT molecular complexity index is 798. The highest BCUT2D eigenvalue weighted by atomic mass is 19.4. The summed E-state index contributed by atoms with van der Waals surface area (Å²) in [6.07, 6.45) is -0.158. The third-order valence-electron chi connectivity index (χ3n) is 6.30. The van der Waals surface area contributed by atoms with Gasteiger partial charge < -0.3 is 10.2 Å². The van der Waals surface area contributed by atoms with E-state index in [1.165, 1.54) is 0 Å². The van der Waals surface area contributed by atoms with Crippen LogP contribution in [0.5, 0.6) is 0 Å². The van der Waals surface area contributed by atoms with Crippen molar-refractivity contribution < 1.29 is 22.8 Å². The lowest BCUT2D eigenvalue weighted by atomic mass is 10.00. The molecule has 2 atom stereocenters. The lowest BCUT2D eigenvalue weighted by Gasteiger charge is -2.31. The molecule has 2 amide bonds. The molecule has 0 radical (unpaired) electrons. The monoisotopic (exact) mass is 410 g/mol. The number of fused-ring (bicyclic) bond motifs is 1. The summed E-state index contributed by atoms with van der Waals surface area (Å²) < 4.78 is 38.9. The number of pyridine rings is 1. The van der Waals surface area contributed by atoms with Crippen molar-refractivity contribution in [2.75, 3.05) is 26.2 Å². The van der Waals surface area contributed by atoms with Gasteiger partial charge in [-0.1, -0.05) is 0 Å². The zero-order chi connectivity index (χ0) is 20.6. The Morgan fingerprint density at radius 2 is 2.00 bits per heavy atom. The summed E-state index contributed by atoms with van der Waals surface area (Å²) in [6, 6.07) is 1.41. The number of carbonyl (C=O) groups excluding carboxylic acids is 2. The highest BCUT2D eigenvalue weighted by molar-refractivity contribution is 5.79. The van der Waals surface area contributed by atoms with Gasteiger partial charge in [0.05, 0.1) is 5.56 Å². The van der Waals surface area contributed by atoms with Crippen molar-refractivity contribution in [2.45, 2.75) is 50.9 Å². The molecule has 1 N–H and O–H groups in total. The van der Waals surface area contributed by atoms with Crippen molar-refractivity contribution in [1.29, 1.82) is 0 Å². The predicted molar refractivity (Wildman–Crippen MR) is 98.7 cm³/mol. The molecule has 1 aliphatic carbocycles. The van der Waals surface area contributed by atoms with Gasteiger partial charge in [-0.05, 0) is 30.9 Å². The number of halogens is 3. The third kappa shape index (κ3) is 4.39. The molecule has 1 saturated carbocycles. The average Bonchev–Trinajstić information content (AvgIpc) is 3.08. The molecule has 0 bridgehead atoms. The molecule has 29 heavy (non-hydrogen) atoms. The molecular weight excluding hydrogens is 385 g/mol. The van der Waals surface area contributed by atoms with Crippen molar-refractivity contribution in [3.05, 3.63) is 29.1 Å². The second kappa shape index (κ2) is 7.93. The maximum atomic E-state index is 13.0. The molecule has 6 nitrogen and oxygen atoms in total. The smallest absolute Gasteiger partial charge is 0.355 e. The molecule has 158 valence electrons. The highest BCUT2D eigenvalue weighted by Crippen LogP contribution is 2.34. The topological polar surface area (TPSA) is 65.5 Å². The summed E-state index contributed by atoms with van der Waals surface area (Å²) in [5.74, 6) is -0.0104. The number of nitrogens with zero attached hydrogens (tertiary/aromatic N) is 3. The number of alkyl halides is 3. The molecule has 2 aliphatic heterocycles. The minimum atomic E-state index is -4.43. The number of carbonyl (C=O) groups is 2. The Hall–Kier alpha value is -2.16. The zero-order valence-corrected chi connectivity index (χ0v) is 16.2. The van der Waals surface area contributed by atoms with E-state index in [0.717, 1.165) is 38.1 Å². The van der Waals surface area contributed by atoms with Crippen molar-refractivity contribution in [1.82, 2.24) is 20.1 Å². The Morgan fingerprint density at radius 1 is 1.17 bits per heavy atom. The number of rotatable bonds is 2. The second-order valence-corrected chi connectivity index (χ2v) is 8.14. The predicted octanol–water partition coefficient (Wildman–Crippen LogP) is 1.98. The van der Waals surface area contributed by atoms with Crippen molar-refractivity contribution in [3.63, 3.8) is 0 Å². The van der Waals surface area contributed by atoms with Gasteiger partial charge in [0.15, 0.2) is 0 Å². The first-order chi connectivity index (χ1) is 13.8. The van der Waals surface area contributed by atoms with Gasteiger partial charge in [0.2, 0.25) is 11.8 Å². The van der Waals surface area contributed by atoms with Gasteiger partial charge in [-0.25, -0.2) is 0 Å². The van der Waals surface area contributed by atoms with Crippen LogP contribution >= 0.6 is 0 Å². The summed E-state index contributed by atoms with van der Waals surface area (Å²) in [5.41, 5.74) is 0.370. The molecule has 2 fully saturated rings. The van der Waals surface area contributed by atoms with E-state index in [4.69, 9.17) is 0 Å². The lowest BCUT2D eigenvalue weighted by Crippen LogP contribution is -2.41. The van der Waals surface area contributed by atoms with Crippen LogP contribution in [0.2, 0.25) is 0 Å². The zero-order valence-electron chi connectivity index (χ0n) is 16.2. The SMILES string of the molecule is O=C1CCN(C2CCC(C(=O)N3CCc4ncc(C(F)(F)F)cc4C3)C2)CCN1. The van der Waals surface area contributed by atoms with Gasteiger partial charge in [0.25, 0.3) is 0 Å². The third-order valence-corrected chi connectivity index (χ3v) is 6.30. The second-order valence-electron chi connectivity index (χ2n) is 8.14. The molecule has 4 rings (SSSR count). The summed E-state index contributed by atoms with van der Waals surface area (Å²) in [7, 11) is 0. The maximum Gasteiger partial charge on any atom is 0.417 e. The molecule has 9 heteroatoms. The van der Waals surface area contributed by atoms with Crippen LogP contribution in [0.3, 0.4) is 0 Å². The van der Waals surface area contributed by atoms with Crippen LogP contribution in [0.15, 0.2) is 12.3 Å². The van der Waals surface area contributed by atoms with Gasteiger partial charge in [-0.15, -0.1) is 0 Å². The Labute approximate surface area is 167 Å². The number of hydrogen-bond donors (Lipinski definition) is 1. The fourth-order valence-corrected chi connectivity index (χ4v) is 4.69. The molecule has 3 aliphatic rings. The maximum absolute atomic E-state index is 13.0. The number of aromatic nitrogens is 1. The summed E-state index contributed by atoms with van der Waals surface area (Å²) >= 11 is 0. The molecule has 2 unspecified atom stereocenters. The number of hydrogen-bond acceptors (Lipinski definition) is 4. The van der Waals surface area contributed by atoms with E-state index in [1.807, 2.05) is 0 Å². The van der Waals surface area contributed by atoms with Gasteiger partial charge in [0, 0.05) is 69.4 Å². The van der Waals surface area contributed by atoms with Crippen molar-refractivity contribution >= 4 is 11.8 Å². The minimum Gasteiger partial charge on any atom is -0.355 e. The van der Waals surface area contributed by atoms with Crippen LogP contribution in [0.25, 0.3) is 0 Å². The van der Waals surface area contributed by atoms with Crippen LogP contribution in [-0.2, 0) is 28.7 Å². The van der Waals surface area contributed by atoms with Crippen molar-refractivity contribution in [3.8, 4) is 0 Å². The van der Waals surface area contributed by atoms with Gasteiger partial charge in [0.1, 0.15) is 0 Å². The number of nitrogens with one attached hydrogen (secondary N) is 1. The van der Waals surface area contributed by atoms with Gasteiger partial charge >= 0.3 is 6.18 Å². The molecule has 1 aromatic rings. The summed E-state index contributed by atoms with van der Waals surface area (Å²) in [5, 5.41) is 2.87. The van der Waals surface area contributed by atoms with Crippen LogP contribution in [-0.4, -0.2) is 58.8 Å². The van der Waals surface area contributed by atoms with Crippen LogP contribution in [0.1, 0.15) is 42.5 Å². The lowest BCUT2D eigenvalue weighted by molar-refractivity contribution is -0.138. The summed E-state index contributed by atoms with van der Waals surface area (Å²) in [6.45, 7) is 2.81. The fraction of sp³-hybridized carbons (Fsp3) is 0.650. The van der Waals surface area contributed by atoms with E-state index < -0.39 is 11.7 Å². The first kappa shape index (κ1) is 20.1. The first-order valence-electron chi connectivity index (χ1n) is 10.2. The average molecular weight is 410 g/mol. The molecule has 0 spiro atoms. The molecule has 0 aromatic carbocycles. The van der Waals surface area contributed by atoms with E-state index in [9.17, 15) is 22.8 Å². The quantitative estimate of drug-likeness (QED) is 0.810. The standard InChI is InChI=1S/C20H25F3N4O2/c21-20(22,23)15-9-14-12-27(6-3-17(14)25-11-15)19(29)13-1-2-16(10-13)26-7-4-18(28)24-5-8-26/h9,11,13,16H,1-8,10,12H2,(H,24,28). The largest absolute Gasteiger partial charge is 0.417 e. The first-order valence-corrected chi connectivity index (χ1v) is 10.2. The van der Waals surface area contributed by atoms with Gasteiger partial charge in [-0.2, -0.15) is 13.2 Å². The normalized spacial score (nSPS) is 26.0.